The van der Waals surface area contributed by atoms with Crippen molar-refractivity contribution < 1.29 is 8.78 Å². The van der Waals surface area contributed by atoms with Crippen molar-refractivity contribution >= 4 is 11.3 Å². The van der Waals surface area contributed by atoms with E-state index in [1.54, 1.807) is 17.5 Å². The highest BCUT2D eigenvalue weighted by molar-refractivity contribution is 7.11. The van der Waals surface area contributed by atoms with Gasteiger partial charge in [0, 0.05) is 40.9 Å². The molecule has 4 rings (SSSR count). The maximum absolute atomic E-state index is 14.4. The van der Waals surface area contributed by atoms with Gasteiger partial charge in [0.2, 0.25) is 0 Å². The van der Waals surface area contributed by atoms with Gasteiger partial charge in [-0.25, -0.2) is 18.4 Å². The van der Waals surface area contributed by atoms with Crippen LogP contribution in [0.15, 0.2) is 48.7 Å². The standard InChI is InChI=1S/C24H24F2N4S/c1-14-7-5-6-8-20(14)24-18(12-27-15(2)23-16(3)31-17(4)28-23)13-30(29-24)22-10-9-19(25)11-21(22)26/h5-11,13,15,27H,12H2,1-4H3. The molecule has 0 aliphatic heterocycles. The van der Waals surface area contributed by atoms with Gasteiger partial charge in [-0.2, -0.15) is 5.10 Å². The summed E-state index contributed by atoms with van der Waals surface area (Å²) in [4.78, 5) is 5.83. The molecule has 0 aliphatic rings. The lowest BCUT2D eigenvalue weighted by Gasteiger charge is -2.13. The Morgan fingerprint density at radius 1 is 1.10 bits per heavy atom. The fraction of sp³-hybridized carbons (Fsp3) is 0.250. The van der Waals surface area contributed by atoms with Crippen LogP contribution in [0.3, 0.4) is 0 Å². The van der Waals surface area contributed by atoms with E-state index in [2.05, 4.69) is 29.2 Å². The molecule has 1 unspecified atom stereocenters. The molecule has 0 saturated carbocycles. The van der Waals surface area contributed by atoms with E-state index in [4.69, 9.17) is 0 Å². The zero-order chi connectivity index (χ0) is 22.1. The predicted octanol–water partition coefficient (Wildman–Crippen LogP) is 6.05. The van der Waals surface area contributed by atoms with Gasteiger partial charge >= 0.3 is 0 Å². The van der Waals surface area contributed by atoms with Crippen molar-refractivity contribution in [2.24, 2.45) is 0 Å². The minimum Gasteiger partial charge on any atom is -0.305 e. The number of thiazole rings is 1. The van der Waals surface area contributed by atoms with E-state index >= 15 is 0 Å². The lowest BCUT2D eigenvalue weighted by molar-refractivity contribution is 0.561. The van der Waals surface area contributed by atoms with Crippen LogP contribution in [0.2, 0.25) is 0 Å². The van der Waals surface area contributed by atoms with Gasteiger partial charge in [-0.3, -0.25) is 0 Å². The molecule has 0 fully saturated rings. The molecule has 4 aromatic rings. The number of aromatic nitrogens is 3. The van der Waals surface area contributed by atoms with E-state index in [0.717, 1.165) is 39.2 Å². The highest BCUT2D eigenvalue weighted by Gasteiger charge is 2.18. The van der Waals surface area contributed by atoms with Crippen LogP contribution < -0.4 is 5.32 Å². The largest absolute Gasteiger partial charge is 0.305 e. The molecule has 0 spiro atoms. The molecular formula is C24H24F2N4S. The Morgan fingerprint density at radius 2 is 1.87 bits per heavy atom. The Labute approximate surface area is 184 Å². The third kappa shape index (κ3) is 4.43. The van der Waals surface area contributed by atoms with Crippen molar-refractivity contribution in [1.82, 2.24) is 20.1 Å². The van der Waals surface area contributed by atoms with Crippen LogP contribution in [-0.4, -0.2) is 14.8 Å². The molecule has 1 atom stereocenters. The quantitative estimate of drug-likeness (QED) is 0.398. The molecular weight excluding hydrogens is 414 g/mol. The zero-order valence-electron chi connectivity index (χ0n) is 17.9. The van der Waals surface area contributed by atoms with Crippen molar-refractivity contribution in [3.8, 4) is 16.9 Å². The van der Waals surface area contributed by atoms with Crippen LogP contribution in [-0.2, 0) is 6.54 Å². The number of benzene rings is 2. The SMILES string of the molecule is Cc1nc(C(C)NCc2cn(-c3ccc(F)cc3F)nc2-c2ccccc2C)c(C)s1. The third-order valence-electron chi connectivity index (χ3n) is 5.30. The molecule has 2 heterocycles. The normalized spacial score (nSPS) is 12.3. The molecule has 31 heavy (non-hydrogen) atoms. The minimum absolute atomic E-state index is 0.0561. The van der Waals surface area contributed by atoms with Crippen LogP contribution >= 0.6 is 11.3 Å². The van der Waals surface area contributed by atoms with E-state index in [1.165, 1.54) is 21.7 Å². The maximum Gasteiger partial charge on any atom is 0.151 e. The molecule has 2 aromatic carbocycles. The first-order valence-electron chi connectivity index (χ1n) is 10.1. The highest BCUT2D eigenvalue weighted by Crippen LogP contribution is 2.28. The molecule has 0 saturated heterocycles. The number of halogens is 2. The van der Waals surface area contributed by atoms with E-state index in [1.807, 2.05) is 38.1 Å². The Kier molecular flexibility index (Phi) is 5.98. The van der Waals surface area contributed by atoms with Gasteiger partial charge in [-0.15, -0.1) is 11.3 Å². The lowest BCUT2D eigenvalue weighted by Crippen LogP contribution is -2.19. The molecule has 160 valence electrons. The average molecular weight is 439 g/mol. The van der Waals surface area contributed by atoms with E-state index < -0.39 is 11.6 Å². The molecule has 4 nitrogen and oxygen atoms in total. The number of aryl methyl sites for hydroxylation is 3. The van der Waals surface area contributed by atoms with Crippen molar-refractivity contribution in [2.75, 3.05) is 0 Å². The summed E-state index contributed by atoms with van der Waals surface area (Å²) in [5.74, 6) is -1.27. The second-order valence-corrected chi connectivity index (χ2v) is 9.04. The van der Waals surface area contributed by atoms with Crippen molar-refractivity contribution in [1.29, 1.82) is 0 Å². The monoisotopic (exact) mass is 438 g/mol. The molecule has 0 amide bonds. The second kappa shape index (κ2) is 8.69. The summed E-state index contributed by atoms with van der Waals surface area (Å²) < 4.78 is 29.3. The van der Waals surface area contributed by atoms with Crippen LogP contribution in [0.5, 0.6) is 0 Å². The lowest BCUT2D eigenvalue weighted by atomic mass is 10.0. The minimum atomic E-state index is -0.653. The summed E-state index contributed by atoms with van der Waals surface area (Å²) >= 11 is 1.69. The highest BCUT2D eigenvalue weighted by atomic mass is 32.1. The van der Waals surface area contributed by atoms with Crippen LogP contribution in [0.25, 0.3) is 16.9 Å². The number of hydrogen-bond acceptors (Lipinski definition) is 4. The molecule has 0 bridgehead atoms. The predicted molar refractivity (Wildman–Crippen MR) is 120 cm³/mol. The van der Waals surface area contributed by atoms with Crippen LogP contribution in [0, 0.1) is 32.4 Å². The van der Waals surface area contributed by atoms with Gasteiger partial charge in [0.05, 0.1) is 16.4 Å². The van der Waals surface area contributed by atoms with E-state index in [0.29, 0.717) is 6.54 Å². The van der Waals surface area contributed by atoms with Crippen molar-refractivity contribution in [2.45, 2.75) is 40.3 Å². The number of rotatable bonds is 6. The Bertz CT molecular complexity index is 1230. The first-order chi connectivity index (χ1) is 14.8. The first-order valence-corrected chi connectivity index (χ1v) is 10.9. The third-order valence-corrected chi connectivity index (χ3v) is 6.20. The summed E-state index contributed by atoms with van der Waals surface area (Å²) in [6, 6.07) is 11.5. The number of hydrogen-bond donors (Lipinski definition) is 1. The average Bonchev–Trinajstić information content (AvgIpc) is 3.29. The van der Waals surface area contributed by atoms with Crippen LogP contribution in [0.4, 0.5) is 8.78 Å². The smallest absolute Gasteiger partial charge is 0.151 e. The summed E-state index contributed by atoms with van der Waals surface area (Å²) in [5, 5.41) is 9.24. The van der Waals surface area contributed by atoms with Crippen molar-refractivity contribution in [3.05, 3.63) is 87.0 Å². The maximum atomic E-state index is 14.4. The zero-order valence-corrected chi connectivity index (χ0v) is 18.7. The Balaban J connectivity index is 1.70. The van der Waals surface area contributed by atoms with Crippen LogP contribution in [0.1, 0.15) is 39.7 Å². The topological polar surface area (TPSA) is 42.7 Å². The second-order valence-electron chi connectivity index (χ2n) is 7.64. The van der Waals surface area contributed by atoms with Gasteiger partial charge in [-0.05, 0) is 45.4 Å². The van der Waals surface area contributed by atoms with E-state index in [9.17, 15) is 8.78 Å². The Morgan fingerprint density at radius 3 is 2.55 bits per heavy atom. The molecule has 2 aromatic heterocycles. The fourth-order valence-electron chi connectivity index (χ4n) is 3.70. The van der Waals surface area contributed by atoms with Gasteiger partial charge in [0.25, 0.3) is 0 Å². The van der Waals surface area contributed by atoms with Crippen molar-refractivity contribution in [3.63, 3.8) is 0 Å². The summed E-state index contributed by atoms with van der Waals surface area (Å²) in [6.45, 7) is 8.72. The first kappa shape index (κ1) is 21.3. The van der Waals surface area contributed by atoms with Gasteiger partial charge in [-0.1, -0.05) is 24.3 Å². The van der Waals surface area contributed by atoms with Gasteiger partial charge in [0.1, 0.15) is 11.5 Å². The number of nitrogens with one attached hydrogen (secondary N) is 1. The molecule has 7 heteroatoms. The Hall–Kier alpha value is -2.90. The fourth-order valence-corrected chi connectivity index (χ4v) is 4.62. The summed E-state index contributed by atoms with van der Waals surface area (Å²) in [5.41, 5.74) is 5.00. The summed E-state index contributed by atoms with van der Waals surface area (Å²) in [7, 11) is 0. The molecule has 1 N–H and O–H groups in total. The molecule has 0 radical (unpaired) electrons. The number of nitrogens with zero attached hydrogens (tertiary/aromatic N) is 3. The molecule has 0 aliphatic carbocycles. The summed E-state index contributed by atoms with van der Waals surface area (Å²) in [6.07, 6.45) is 1.80. The van der Waals surface area contributed by atoms with Gasteiger partial charge in [0.15, 0.2) is 5.82 Å². The van der Waals surface area contributed by atoms with Gasteiger partial charge < -0.3 is 5.32 Å². The van der Waals surface area contributed by atoms with E-state index in [-0.39, 0.29) is 11.7 Å².